The van der Waals surface area contributed by atoms with Crippen molar-refractivity contribution in [3.05, 3.63) is 88.6 Å². The average molecular weight is 422 g/mol. The van der Waals surface area contributed by atoms with E-state index in [-0.39, 0.29) is 17.9 Å². The van der Waals surface area contributed by atoms with Gasteiger partial charge in [-0.05, 0) is 35.2 Å². The van der Waals surface area contributed by atoms with E-state index in [0.717, 1.165) is 41.1 Å². The minimum atomic E-state index is -0.0295. The van der Waals surface area contributed by atoms with Gasteiger partial charge in [-0.3, -0.25) is 9.59 Å². The first-order valence-electron chi connectivity index (χ1n) is 9.98. The Labute approximate surface area is 181 Å². The number of nitrogens with one attached hydrogen (secondary N) is 2. The Morgan fingerprint density at radius 1 is 1.17 bits per heavy atom. The number of rotatable bonds is 5. The Balaban J connectivity index is 1.38. The smallest absolute Gasteiger partial charge is 0.224 e. The maximum atomic E-state index is 12.3. The summed E-state index contributed by atoms with van der Waals surface area (Å²) in [6.07, 6.45) is 1.56. The maximum Gasteiger partial charge on any atom is 0.224 e. The molecule has 1 unspecified atom stereocenters. The zero-order valence-corrected chi connectivity index (χ0v) is 17.5. The molecule has 154 valence electrons. The molecule has 4 rings (SSSR count). The van der Waals surface area contributed by atoms with Gasteiger partial charge in [-0.25, -0.2) is 0 Å². The van der Waals surface area contributed by atoms with Crippen molar-refractivity contribution in [2.75, 3.05) is 0 Å². The van der Waals surface area contributed by atoms with Crippen molar-refractivity contribution in [2.24, 2.45) is 0 Å². The van der Waals surface area contributed by atoms with Crippen LogP contribution in [0.15, 0.2) is 61.3 Å². The van der Waals surface area contributed by atoms with Gasteiger partial charge >= 0.3 is 0 Å². The quantitative estimate of drug-likeness (QED) is 0.772. The molecule has 0 saturated carbocycles. The Kier molecular flexibility index (Phi) is 5.64. The lowest BCUT2D eigenvalue weighted by atomic mass is 10.0. The van der Waals surface area contributed by atoms with Crippen LogP contribution >= 0.6 is 11.6 Å². The Morgan fingerprint density at radius 2 is 1.90 bits per heavy atom. The molecule has 5 nitrogen and oxygen atoms in total. The van der Waals surface area contributed by atoms with Gasteiger partial charge in [0, 0.05) is 41.5 Å². The molecule has 0 aliphatic carbocycles. The van der Waals surface area contributed by atoms with Crippen LogP contribution in [0.4, 0.5) is 0 Å². The van der Waals surface area contributed by atoms with Crippen molar-refractivity contribution in [3.63, 3.8) is 0 Å². The number of amides is 2. The van der Waals surface area contributed by atoms with E-state index in [0.29, 0.717) is 24.4 Å². The number of hydrogen-bond acceptors (Lipinski definition) is 3. The summed E-state index contributed by atoms with van der Waals surface area (Å²) in [5, 5.41) is 6.49. The third-order valence-corrected chi connectivity index (χ3v) is 5.91. The topological polar surface area (TPSA) is 61.4 Å². The Morgan fingerprint density at radius 3 is 2.63 bits per heavy atom. The molecule has 2 amide bonds. The molecule has 1 saturated heterocycles. The third-order valence-electron chi connectivity index (χ3n) is 5.66. The van der Waals surface area contributed by atoms with Crippen molar-refractivity contribution < 1.29 is 9.59 Å². The van der Waals surface area contributed by atoms with Crippen LogP contribution in [0.25, 0.3) is 5.70 Å². The van der Waals surface area contributed by atoms with E-state index in [9.17, 15) is 9.59 Å². The molecule has 2 aliphatic rings. The van der Waals surface area contributed by atoms with Gasteiger partial charge in [0.15, 0.2) is 0 Å². The summed E-state index contributed by atoms with van der Waals surface area (Å²) in [6.45, 7) is 9.47. The molecule has 0 bridgehead atoms. The van der Waals surface area contributed by atoms with Gasteiger partial charge < -0.3 is 15.5 Å². The highest BCUT2D eigenvalue weighted by Gasteiger charge is 2.33. The molecule has 2 aromatic carbocycles. The summed E-state index contributed by atoms with van der Waals surface area (Å²) in [6, 6.07) is 13.6. The molecular weight excluding hydrogens is 398 g/mol. The average Bonchev–Trinajstić information content (AvgIpc) is 3.04. The van der Waals surface area contributed by atoms with Crippen LogP contribution in [-0.4, -0.2) is 22.8 Å². The number of piperidine rings is 1. The van der Waals surface area contributed by atoms with Crippen LogP contribution in [0.3, 0.4) is 0 Å². The number of hydrogen-bond donors (Lipinski definition) is 2. The second-order valence-corrected chi connectivity index (χ2v) is 8.21. The summed E-state index contributed by atoms with van der Waals surface area (Å²) in [4.78, 5) is 26.1. The van der Waals surface area contributed by atoms with Crippen molar-refractivity contribution >= 4 is 29.1 Å². The SMILES string of the molecule is C=C1NC(=O)CCC1N1Cc2cc(CNC(=O)Cc3ccc(Cl)cc3)ccc2C1=C. The van der Waals surface area contributed by atoms with Gasteiger partial charge in [0.25, 0.3) is 0 Å². The molecule has 2 heterocycles. The molecule has 30 heavy (non-hydrogen) atoms. The molecule has 2 N–H and O–H groups in total. The molecule has 0 spiro atoms. The standard InChI is InChI=1S/C24H24ClN3O2/c1-15-22(9-10-23(29)27-15)28-14-19-11-18(5-8-21(19)16(28)2)13-26-24(30)12-17-3-6-20(25)7-4-17/h3-8,11,22H,1-2,9-10,12-14H2,(H,26,30)(H,27,29). The minimum absolute atomic E-state index is 0.0233. The van der Waals surface area contributed by atoms with Crippen LogP contribution in [0, 0.1) is 0 Å². The molecule has 1 atom stereocenters. The number of halogens is 1. The Hall–Kier alpha value is -3.05. The molecule has 2 aliphatic heterocycles. The number of nitrogens with zero attached hydrogens (tertiary/aromatic N) is 1. The van der Waals surface area contributed by atoms with Gasteiger partial charge in [-0.15, -0.1) is 0 Å². The van der Waals surface area contributed by atoms with Gasteiger partial charge in [-0.2, -0.15) is 0 Å². The highest BCUT2D eigenvalue weighted by molar-refractivity contribution is 6.30. The van der Waals surface area contributed by atoms with E-state index in [1.165, 1.54) is 5.56 Å². The number of fused-ring (bicyclic) bond motifs is 1. The van der Waals surface area contributed by atoms with Crippen molar-refractivity contribution in [1.82, 2.24) is 15.5 Å². The summed E-state index contributed by atoms with van der Waals surface area (Å²) in [7, 11) is 0. The fourth-order valence-corrected chi connectivity index (χ4v) is 4.19. The largest absolute Gasteiger partial charge is 0.359 e. The number of carbonyl (C=O) groups excluding carboxylic acids is 2. The monoisotopic (exact) mass is 421 g/mol. The van der Waals surface area contributed by atoms with Gasteiger partial charge in [-0.1, -0.05) is 55.1 Å². The van der Waals surface area contributed by atoms with Gasteiger partial charge in [0.1, 0.15) is 0 Å². The maximum absolute atomic E-state index is 12.3. The molecular formula is C24H24ClN3O2. The van der Waals surface area contributed by atoms with E-state index in [1.807, 2.05) is 18.2 Å². The van der Waals surface area contributed by atoms with Crippen LogP contribution in [0.2, 0.25) is 5.02 Å². The van der Waals surface area contributed by atoms with Crippen molar-refractivity contribution in [3.8, 4) is 0 Å². The zero-order valence-electron chi connectivity index (χ0n) is 16.7. The lowest BCUT2D eigenvalue weighted by Gasteiger charge is -2.34. The van der Waals surface area contributed by atoms with Crippen LogP contribution in [0.5, 0.6) is 0 Å². The second kappa shape index (κ2) is 8.36. The fraction of sp³-hybridized carbons (Fsp3) is 0.250. The van der Waals surface area contributed by atoms with Crippen molar-refractivity contribution in [2.45, 2.75) is 38.4 Å². The first-order chi connectivity index (χ1) is 14.4. The van der Waals surface area contributed by atoms with Gasteiger partial charge in [0.05, 0.1) is 12.5 Å². The van der Waals surface area contributed by atoms with Crippen molar-refractivity contribution in [1.29, 1.82) is 0 Å². The van der Waals surface area contributed by atoms with E-state index < -0.39 is 0 Å². The lowest BCUT2D eigenvalue weighted by Crippen LogP contribution is -2.43. The molecule has 0 radical (unpaired) electrons. The second-order valence-electron chi connectivity index (χ2n) is 7.77. The molecule has 2 aromatic rings. The number of benzene rings is 2. The minimum Gasteiger partial charge on any atom is -0.359 e. The normalized spacial score (nSPS) is 18.2. The van der Waals surface area contributed by atoms with E-state index in [1.54, 1.807) is 12.1 Å². The van der Waals surface area contributed by atoms with Gasteiger partial charge in [0.2, 0.25) is 11.8 Å². The predicted octanol–water partition coefficient (Wildman–Crippen LogP) is 3.78. The lowest BCUT2D eigenvalue weighted by molar-refractivity contribution is -0.122. The first kappa shape index (κ1) is 20.2. The highest BCUT2D eigenvalue weighted by Crippen LogP contribution is 2.36. The summed E-state index contributed by atoms with van der Waals surface area (Å²) < 4.78 is 0. The third kappa shape index (κ3) is 4.26. The molecule has 6 heteroatoms. The Bertz CT molecular complexity index is 1030. The highest BCUT2D eigenvalue weighted by atomic mass is 35.5. The van der Waals surface area contributed by atoms with E-state index in [2.05, 4.69) is 40.8 Å². The predicted molar refractivity (Wildman–Crippen MR) is 118 cm³/mol. The summed E-state index contributed by atoms with van der Waals surface area (Å²) >= 11 is 5.89. The first-order valence-corrected chi connectivity index (χ1v) is 10.4. The zero-order chi connectivity index (χ0) is 21.3. The van der Waals surface area contributed by atoms with E-state index in [4.69, 9.17) is 11.6 Å². The van der Waals surface area contributed by atoms with E-state index >= 15 is 0 Å². The molecule has 0 aromatic heterocycles. The summed E-state index contributed by atoms with van der Waals surface area (Å²) in [5.74, 6) is -0.00620. The molecule has 1 fully saturated rings. The van der Waals surface area contributed by atoms with Crippen LogP contribution in [0.1, 0.15) is 35.1 Å². The fourth-order valence-electron chi connectivity index (χ4n) is 4.06. The van der Waals surface area contributed by atoms with Crippen LogP contribution in [-0.2, 0) is 29.1 Å². The summed E-state index contributed by atoms with van der Waals surface area (Å²) in [5.41, 5.74) is 5.94. The van der Waals surface area contributed by atoms with Crippen LogP contribution < -0.4 is 10.6 Å². The number of carbonyl (C=O) groups is 2.